The molecule has 10 nitrogen and oxygen atoms in total. The van der Waals surface area contributed by atoms with Crippen molar-refractivity contribution >= 4 is 33.2 Å². The Kier molecular flexibility index (Phi) is 7.36. The Morgan fingerprint density at radius 2 is 1.74 bits per heavy atom. The number of thiophene rings is 1. The number of hydrogen-bond donors (Lipinski definition) is 2. The summed E-state index contributed by atoms with van der Waals surface area (Å²) in [6.07, 6.45) is 1.19. The van der Waals surface area contributed by atoms with E-state index in [1.54, 1.807) is 19.1 Å². The zero-order chi connectivity index (χ0) is 25.2. The van der Waals surface area contributed by atoms with Gasteiger partial charge < -0.3 is 24.4 Å². The van der Waals surface area contributed by atoms with Gasteiger partial charge >= 0.3 is 5.97 Å². The van der Waals surface area contributed by atoms with Gasteiger partial charge in [-0.05, 0) is 67.1 Å². The van der Waals surface area contributed by atoms with Gasteiger partial charge in [-0.15, -0.1) is 11.3 Å². The molecule has 0 bridgehead atoms. The molecule has 12 heteroatoms. The highest BCUT2D eigenvalue weighted by molar-refractivity contribution is 7.89. The van der Waals surface area contributed by atoms with Gasteiger partial charge in [0.05, 0.1) is 21.3 Å². The lowest BCUT2D eigenvalue weighted by Gasteiger charge is -2.41. The number of methoxy groups -OCH3 is 3. The van der Waals surface area contributed by atoms with Crippen molar-refractivity contribution in [2.75, 3.05) is 41.0 Å². The van der Waals surface area contributed by atoms with Crippen molar-refractivity contribution in [1.29, 1.82) is 0 Å². The first-order valence-corrected chi connectivity index (χ1v) is 13.5. The first kappa shape index (κ1) is 25.4. The molecule has 2 aliphatic heterocycles. The molecule has 0 unspecified atom stereocenters. The van der Waals surface area contributed by atoms with Crippen LogP contribution in [0.2, 0.25) is 0 Å². The van der Waals surface area contributed by atoms with E-state index in [0.717, 1.165) is 22.5 Å². The van der Waals surface area contributed by atoms with Crippen LogP contribution in [0.15, 0.2) is 28.5 Å². The highest BCUT2D eigenvalue weighted by Gasteiger charge is 2.46. The van der Waals surface area contributed by atoms with E-state index in [1.807, 2.05) is 12.1 Å². The fourth-order valence-corrected chi connectivity index (χ4v) is 7.39. The highest BCUT2D eigenvalue weighted by atomic mass is 32.2. The van der Waals surface area contributed by atoms with E-state index in [9.17, 15) is 18.0 Å². The first-order chi connectivity index (χ1) is 16.7. The monoisotopic (exact) mass is 523 g/mol. The van der Waals surface area contributed by atoms with E-state index in [-0.39, 0.29) is 28.5 Å². The second kappa shape index (κ2) is 10.1. The maximum Gasteiger partial charge on any atom is 0.349 e. The van der Waals surface area contributed by atoms with Crippen molar-refractivity contribution in [3.8, 4) is 11.5 Å². The number of nitrogens with zero attached hydrogens (tertiary/aromatic N) is 1. The standard InChI is InChI=1S/C23H29N3O7S2/c1-31-17-12-15-4-10-26(14-16(15)13-18(17)32-2)22(28)23(6-8-24-9-7-23)25-35(29,30)19-5-11-34-20(19)21(27)33-3/h5,11-13,24-25H,4,6-10,14H2,1-3H3. The molecule has 2 aromatic rings. The molecule has 4 rings (SSSR count). The second-order valence-corrected chi connectivity index (χ2v) is 11.1. The minimum absolute atomic E-state index is 0.0236. The number of piperidine rings is 1. The lowest BCUT2D eigenvalue weighted by atomic mass is 9.87. The Hall–Kier alpha value is -2.67. The Labute approximate surface area is 208 Å². The van der Waals surface area contributed by atoms with E-state index in [4.69, 9.17) is 14.2 Å². The SMILES string of the molecule is COC(=O)c1sccc1S(=O)(=O)NC1(C(=O)N2CCc3cc(OC)c(OC)cc3C2)CCNCC1. The average Bonchev–Trinajstić information content (AvgIpc) is 3.38. The molecule has 2 aliphatic rings. The fraction of sp³-hybridized carbons (Fsp3) is 0.478. The van der Waals surface area contributed by atoms with Crippen LogP contribution in [0.4, 0.5) is 0 Å². The number of nitrogens with one attached hydrogen (secondary N) is 2. The summed E-state index contributed by atoms with van der Waals surface area (Å²) in [5.41, 5.74) is 0.667. The van der Waals surface area contributed by atoms with E-state index >= 15 is 0 Å². The maximum absolute atomic E-state index is 13.9. The summed E-state index contributed by atoms with van der Waals surface area (Å²) in [6, 6.07) is 5.14. The summed E-state index contributed by atoms with van der Waals surface area (Å²) in [6.45, 7) is 1.75. The van der Waals surface area contributed by atoms with Crippen LogP contribution < -0.4 is 19.5 Å². The van der Waals surface area contributed by atoms with Crippen molar-refractivity contribution in [1.82, 2.24) is 14.9 Å². The third-order valence-electron chi connectivity index (χ3n) is 6.49. The Morgan fingerprint density at radius 1 is 1.09 bits per heavy atom. The van der Waals surface area contributed by atoms with Gasteiger partial charge in [-0.2, -0.15) is 4.72 Å². The average molecular weight is 524 g/mol. The number of esters is 1. The van der Waals surface area contributed by atoms with E-state index in [1.165, 1.54) is 18.6 Å². The van der Waals surface area contributed by atoms with E-state index in [0.29, 0.717) is 44.1 Å². The number of benzene rings is 1. The number of hydrogen-bond acceptors (Lipinski definition) is 9. The second-order valence-electron chi connectivity index (χ2n) is 8.50. The number of carbonyl (C=O) groups excluding carboxylic acids is 2. The third kappa shape index (κ3) is 4.88. The number of rotatable bonds is 7. The van der Waals surface area contributed by atoms with Crippen LogP contribution >= 0.6 is 11.3 Å². The minimum atomic E-state index is -4.18. The van der Waals surface area contributed by atoms with Crippen LogP contribution in [-0.4, -0.2) is 71.7 Å². The zero-order valence-corrected chi connectivity index (χ0v) is 21.5. The van der Waals surface area contributed by atoms with Gasteiger partial charge in [-0.3, -0.25) is 4.79 Å². The smallest absolute Gasteiger partial charge is 0.349 e. The van der Waals surface area contributed by atoms with Gasteiger partial charge in [0, 0.05) is 13.1 Å². The van der Waals surface area contributed by atoms with Crippen LogP contribution in [0.3, 0.4) is 0 Å². The molecule has 0 atom stereocenters. The van der Waals surface area contributed by atoms with E-state index in [2.05, 4.69) is 10.0 Å². The van der Waals surface area contributed by atoms with Crippen LogP contribution in [0.1, 0.15) is 33.6 Å². The van der Waals surface area contributed by atoms with Gasteiger partial charge in [0.15, 0.2) is 11.5 Å². The lowest BCUT2D eigenvalue weighted by molar-refractivity contribution is -0.139. The molecular formula is C23H29N3O7S2. The molecule has 1 saturated heterocycles. The normalized spacial score (nSPS) is 17.4. The molecule has 0 spiro atoms. The predicted octanol–water partition coefficient (Wildman–Crippen LogP) is 1.54. The largest absolute Gasteiger partial charge is 0.493 e. The Morgan fingerprint density at radius 3 is 2.37 bits per heavy atom. The fourth-order valence-electron chi connectivity index (χ4n) is 4.64. The highest BCUT2D eigenvalue weighted by Crippen LogP contribution is 2.35. The van der Waals surface area contributed by atoms with Crippen LogP contribution in [-0.2, 0) is 32.5 Å². The topological polar surface area (TPSA) is 123 Å². The molecular weight excluding hydrogens is 494 g/mol. The van der Waals surface area contributed by atoms with Gasteiger partial charge in [0.2, 0.25) is 15.9 Å². The van der Waals surface area contributed by atoms with Gasteiger partial charge in [0.25, 0.3) is 0 Å². The molecule has 1 fully saturated rings. The number of amides is 1. The Balaban J connectivity index is 1.63. The van der Waals surface area contributed by atoms with Crippen molar-refractivity contribution in [2.24, 2.45) is 0 Å². The van der Waals surface area contributed by atoms with Gasteiger partial charge in [-0.25, -0.2) is 13.2 Å². The van der Waals surface area contributed by atoms with Crippen LogP contribution in [0.25, 0.3) is 0 Å². The van der Waals surface area contributed by atoms with Gasteiger partial charge in [0.1, 0.15) is 15.3 Å². The van der Waals surface area contributed by atoms with Crippen LogP contribution in [0.5, 0.6) is 11.5 Å². The molecule has 190 valence electrons. The number of carbonyl (C=O) groups is 2. The lowest BCUT2D eigenvalue weighted by Crippen LogP contribution is -2.63. The van der Waals surface area contributed by atoms with Crippen molar-refractivity contribution in [3.05, 3.63) is 39.6 Å². The van der Waals surface area contributed by atoms with Crippen molar-refractivity contribution in [3.63, 3.8) is 0 Å². The molecule has 1 aromatic carbocycles. The molecule has 0 radical (unpaired) electrons. The van der Waals surface area contributed by atoms with Crippen LogP contribution in [0, 0.1) is 0 Å². The quantitative estimate of drug-likeness (QED) is 0.524. The summed E-state index contributed by atoms with van der Waals surface area (Å²) in [5, 5.41) is 4.71. The van der Waals surface area contributed by atoms with Crippen molar-refractivity contribution < 1.29 is 32.2 Å². The maximum atomic E-state index is 13.9. The third-order valence-corrected chi connectivity index (χ3v) is 9.09. The molecule has 0 aliphatic carbocycles. The summed E-state index contributed by atoms with van der Waals surface area (Å²) in [4.78, 5) is 27.5. The molecule has 1 amide bonds. The zero-order valence-electron chi connectivity index (χ0n) is 19.9. The molecule has 0 saturated carbocycles. The summed E-state index contributed by atoms with van der Waals surface area (Å²) in [5.74, 6) is 0.192. The molecule has 1 aromatic heterocycles. The summed E-state index contributed by atoms with van der Waals surface area (Å²) in [7, 11) is 0.156. The molecule has 35 heavy (non-hydrogen) atoms. The Bertz CT molecular complexity index is 1220. The summed E-state index contributed by atoms with van der Waals surface area (Å²) < 4.78 is 45.1. The number of sulfonamides is 1. The van der Waals surface area contributed by atoms with Crippen molar-refractivity contribution in [2.45, 2.75) is 36.2 Å². The predicted molar refractivity (Wildman–Crippen MR) is 129 cm³/mol. The first-order valence-electron chi connectivity index (χ1n) is 11.2. The summed E-state index contributed by atoms with van der Waals surface area (Å²) >= 11 is 0.982. The minimum Gasteiger partial charge on any atom is -0.493 e. The number of fused-ring (bicyclic) bond motifs is 1. The molecule has 3 heterocycles. The number of ether oxygens (including phenoxy) is 3. The van der Waals surface area contributed by atoms with E-state index < -0.39 is 21.5 Å². The van der Waals surface area contributed by atoms with Gasteiger partial charge in [-0.1, -0.05) is 0 Å². The molecule has 2 N–H and O–H groups in total.